The van der Waals surface area contributed by atoms with Gasteiger partial charge in [-0.05, 0) is 54.5 Å². The Bertz CT molecular complexity index is 834. The van der Waals surface area contributed by atoms with Crippen LogP contribution in [0.25, 0.3) is 0 Å². The Hall–Kier alpha value is -2.30. The van der Waals surface area contributed by atoms with Crippen LogP contribution >= 0.6 is 23.8 Å². The number of anilines is 1. The van der Waals surface area contributed by atoms with E-state index in [0.717, 1.165) is 17.0 Å². The summed E-state index contributed by atoms with van der Waals surface area (Å²) in [5, 5.41) is 4.66. The van der Waals surface area contributed by atoms with E-state index in [0.29, 0.717) is 23.2 Å². The summed E-state index contributed by atoms with van der Waals surface area (Å²) in [5.41, 5.74) is 3.07. The van der Waals surface area contributed by atoms with Crippen molar-refractivity contribution in [2.24, 2.45) is 0 Å². The molecule has 0 fully saturated rings. The van der Waals surface area contributed by atoms with Gasteiger partial charge >= 0.3 is 0 Å². The topological polar surface area (TPSA) is 28.4 Å². The van der Waals surface area contributed by atoms with Crippen molar-refractivity contribution in [2.45, 2.75) is 20.0 Å². The molecule has 0 aliphatic heterocycles. The van der Waals surface area contributed by atoms with Gasteiger partial charge in [-0.1, -0.05) is 48.0 Å². The first kappa shape index (κ1) is 17.5. The number of nitrogens with zero attached hydrogens (tertiary/aromatic N) is 1. The van der Waals surface area contributed by atoms with Crippen molar-refractivity contribution in [2.75, 3.05) is 5.32 Å². The highest BCUT2D eigenvalue weighted by molar-refractivity contribution is 7.80. The van der Waals surface area contributed by atoms with Crippen LogP contribution in [0.3, 0.4) is 0 Å². The summed E-state index contributed by atoms with van der Waals surface area (Å²) >= 11 is 11.9. The van der Waals surface area contributed by atoms with Gasteiger partial charge < -0.3 is 14.6 Å². The Balaban J connectivity index is 1.79. The van der Waals surface area contributed by atoms with Crippen molar-refractivity contribution in [3.63, 3.8) is 0 Å². The Morgan fingerprint density at radius 1 is 1.04 bits per heavy atom. The van der Waals surface area contributed by atoms with Gasteiger partial charge in [-0.25, -0.2) is 0 Å². The first-order chi connectivity index (χ1) is 12.1. The number of benzene rings is 2. The molecule has 128 valence electrons. The molecule has 0 amide bonds. The summed E-state index contributed by atoms with van der Waals surface area (Å²) in [5.74, 6) is 0.864. The molecule has 0 aliphatic rings. The molecule has 0 radical (unpaired) electrons. The molecule has 0 unspecified atom stereocenters. The SMILES string of the molecule is Cc1c(Cl)cccc1NC(=S)N(Cc1ccccc1)Cc1ccco1. The average molecular weight is 371 g/mol. The number of hydrogen-bond acceptors (Lipinski definition) is 2. The van der Waals surface area contributed by atoms with Gasteiger partial charge in [0.05, 0.1) is 12.8 Å². The summed E-state index contributed by atoms with van der Waals surface area (Å²) < 4.78 is 5.49. The number of halogens is 1. The Labute approximate surface area is 158 Å². The zero-order chi connectivity index (χ0) is 17.6. The van der Waals surface area contributed by atoms with Gasteiger partial charge in [0.15, 0.2) is 5.11 Å². The number of furan rings is 1. The van der Waals surface area contributed by atoms with E-state index in [1.54, 1.807) is 6.26 Å². The number of thiocarbonyl (C=S) groups is 1. The highest BCUT2D eigenvalue weighted by Crippen LogP contribution is 2.24. The molecule has 3 aromatic rings. The minimum absolute atomic E-state index is 0.591. The number of hydrogen-bond donors (Lipinski definition) is 1. The third-order valence-corrected chi connectivity index (χ3v) is 4.71. The largest absolute Gasteiger partial charge is 0.467 e. The first-order valence-electron chi connectivity index (χ1n) is 8.01. The van der Waals surface area contributed by atoms with Crippen LogP contribution in [0.15, 0.2) is 71.3 Å². The molecule has 0 aliphatic carbocycles. The summed E-state index contributed by atoms with van der Waals surface area (Å²) in [6.07, 6.45) is 1.67. The fraction of sp³-hybridized carbons (Fsp3) is 0.150. The van der Waals surface area contributed by atoms with E-state index in [9.17, 15) is 0 Å². The van der Waals surface area contributed by atoms with E-state index in [4.69, 9.17) is 28.2 Å². The third kappa shape index (κ3) is 4.62. The number of rotatable bonds is 5. The summed E-state index contributed by atoms with van der Waals surface area (Å²) in [6.45, 7) is 3.25. The minimum Gasteiger partial charge on any atom is -0.467 e. The summed E-state index contributed by atoms with van der Waals surface area (Å²) in [7, 11) is 0. The van der Waals surface area contributed by atoms with Crippen LogP contribution in [0.1, 0.15) is 16.9 Å². The standard InChI is InChI=1S/C20H19ClN2OS/c1-15-18(21)10-5-11-19(15)22-20(25)23(14-17-9-6-12-24-17)13-16-7-3-2-4-8-16/h2-12H,13-14H2,1H3,(H,22,25). The lowest BCUT2D eigenvalue weighted by Gasteiger charge is -2.26. The predicted molar refractivity (Wildman–Crippen MR) is 107 cm³/mol. The Morgan fingerprint density at radius 3 is 2.56 bits per heavy atom. The van der Waals surface area contributed by atoms with Crippen LogP contribution in [0.2, 0.25) is 5.02 Å². The van der Waals surface area contributed by atoms with E-state index < -0.39 is 0 Å². The predicted octanol–water partition coefficient (Wildman–Crippen LogP) is 5.64. The molecule has 2 aromatic carbocycles. The van der Waals surface area contributed by atoms with E-state index in [1.165, 1.54) is 5.56 Å². The molecule has 5 heteroatoms. The monoisotopic (exact) mass is 370 g/mol. The van der Waals surface area contributed by atoms with E-state index in [2.05, 4.69) is 22.3 Å². The highest BCUT2D eigenvalue weighted by Gasteiger charge is 2.14. The molecule has 25 heavy (non-hydrogen) atoms. The van der Waals surface area contributed by atoms with Crippen LogP contribution in [-0.2, 0) is 13.1 Å². The van der Waals surface area contributed by atoms with E-state index in [1.807, 2.05) is 55.5 Å². The van der Waals surface area contributed by atoms with Crippen molar-refractivity contribution < 1.29 is 4.42 Å². The lowest BCUT2D eigenvalue weighted by molar-refractivity contribution is 0.360. The number of nitrogens with one attached hydrogen (secondary N) is 1. The molecule has 0 saturated heterocycles. The second kappa shape index (κ2) is 8.19. The fourth-order valence-corrected chi connectivity index (χ4v) is 2.94. The molecule has 1 aromatic heterocycles. The maximum Gasteiger partial charge on any atom is 0.174 e. The molecule has 0 atom stereocenters. The van der Waals surface area contributed by atoms with Crippen molar-refractivity contribution in [3.05, 3.63) is 88.8 Å². The van der Waals surface area contributed by atoms with Crippen LogP contribution < -0.4 is 5.32 Å². The molecular weight excluding hydrogens is 352 g/mol. The summed E-state index contributed by atoms with van der Waals surface area (Å²) in [4.78, 5) is 2.07. The maximum absolute atomic E-state index is 6.21. The van der Waals surface area contributed by atoms with Gasteiger partial charge in [0, 0.05) is 17.3 Å². The second-order valence-electron chi connectivity index (χ2n) is 5.76. The maximum atomic E-state index is 6.21. The molecule has 0 spiro atoms. The highest BCUT2D eigenvalue weighted by atomic mass is 35.5. The minimum atomic E-state index is 0.591. The van der Waals surface area contributed by atoms with Gasteiger partial charge in [0.2, 0.25) is 0 Å². The lowest BCUT2D eigenvalue weighted by atomic mass is 10.2. The summed E-state index contributed by atoms with van der Waals surface area (Å²) in [6, 6.07) is 19.8. The van der Waals surface area contributed by atoms with Crippen LogP contribution in [0.4, 0.5) is 5.69 Å². The van der Waals surface area contributed by atoms with Gasteiger partial charge in [-0.2, -0.15) is 0 Å². The van der Waals surface area contributed by atoms with Crippen molar-refractivity contribution >= 4 is 34.6 Å². The normalized spacial score (nSPS) is 10.5. The van der Waals surface area contributed by atoms with E-state index in [-0.39, 0.29) is 0 Å². The Kier molecular flexibility index (Phi) is 5.74. The average Bonchev–Trinajstić information content (AvgIpc) is 3.12. The first-order valence-corrected chi connectivity index (χ1v) is 8.79. The van der Waals surface area contributed by atoms with Crippen LogP contribution in [0, 0.1) is 6.92 Å². The zero-order valence-electron chi connectivity index (χ0n) is 13.9. The zero-order valence-corrected chi connectivity index (χ0v) is 15.5. The Morgan fingerprint density at radius 2 is 1.84 bits per heavy atom. The molecule has 0 saturated carbocycles. The van der Waals surface area contributed by atoms with Crippen LogP contribution in [-0.4, -0.2) is 10.0 Å². The molecule has 1 N–H and O–H groups in total. The van der Waals surface area contributed by atoms with E-state index >= 15 is 0 Å². The van der Waals surface area contributed by atoms with Gasteiger partial charge in [-0.15, -0.1) is 0 Å². The molecule has 3 rings (SSSR count). The lowest BCUT2D eigenvalue weighted by Crippen LogP contribution is -2.33. The molecule has 3 nitrogen and oxygen atoms in total. The van der Waals surface area contributed by atoms with Gasteiger partial charge in [-0.3, -0.25) is 0 Å². The van der Waals surface area contributed by atoms with Crippen molar-refractivity contribution in [1.82, 2.24) is 4.90 Å². The van der Waals surface area contributed by atoms with Gasteiger partial charge in [0.25, 0.3) is 0 Å². The smallest absolute Gasteiger partial charge is 0.174 e. The third-order valence-electron chi connectivity index (χ3n) is 3.94. The van der Waals surface area contributed by atoms with Crippen molar-refractivity contribution in [3.8, 4) is 0 Å². The second-order valence-corrected chi connectivity index (χ2v) is 6.56. The fourth-order valence-electron chi connectivity index (χ4n) is 2.53. The van der Waals surface area contributed by atoms with Crippen molar-refractivity contribution in [1.29, 1.82) is 0 Å². The van der Waals surface area contributed by atoms with Crippen LogP contribution in [0.5, 0.6) is 0 Å². The van der Waals surface area contributed by atoms with Gasteiger partial charge in [0.1, 0.15) is 5.76 Å². The molecule has 1 heterocycles. The molecule has 0 bridgehead atoms. The quantitative estimate of drug-likeness (QED) is 0.588. The molecular formula is C20H19ClN2OS.